The van der Waals surface area contributed by atoms with Crippen LogP contribution in [-0.2, 0) is 19.0 Å². The number of carbonyl (C=O) groups excluding carboxylic acids is 1. The zero-order valence-electron chi connectivity index (χ0n) is 19.0. The Hall–Kier alpha value is -4.01. The molecule has 3 N–H and O–H groups in total. The Balaban J connectivity index is 1.41. The first-order valence-corrected chi connectivity index (χ1v) is 11.1. The van der Waals surface area contributed by atoms with Crippen molar-refractivity contribution in [3.63, 3.8) is 0 Å². The average Bonchev–Trinajstić information content (AvgIpc) is 3.28. The quantitative estimate of drug-likeness (QED) is 0.314. The highest BCUT2D eigenvalue weighted by molar-refractivity contribution is 5.76. The molecule has 0 aliphatic rings. The lowest BCUT2D eigenvalue weighted by Gasteiger charge is -2.18. The molecule has 0 radical (unpaired) electrons. The topological polar surface area (TPSA) is 79.0 Å². The van der Waals surface area contributed by atoms with E-state index in [0.717, 1.165) is 34.5 Å². The number of halogens is 3. The standard InChI is InChI=1S/C26H25F3N4O2/c1-35-20-12-8-18(9-13-20)16-23(24-31-21-4-2-3-5-22(21)32-24)33-25(34)30-15-14-17-6-10-19(11-7-17)26(27,28)29/h2-13,23H,14-16H2,1H3,(H,31,32)(H2,30,33,34)/t23-/m1/s1. The Morgan fingerprint density at radius 1 is 1.00 bits per heavy atom. The number of imidazole rings is 1. The van der Waals surface area contributed by atoms with Gasteiger partial charge in [-0.25, -0.2) is 9.78 Å². The minimum absolute atomic E-state index is 0.270. The van der Waals surface area contributed by atoms with Gasteiger partial charge in [-0.1, -0.05) is 36.4 Å². The maximum Gasteiger partial charge on any atom is 0.416 e. The van der Waals surface area contributed by atoms with Crippen molar-refractivity contribution in [3.05, 3.63) is 95.3 Å². The summed E-state index contributed by atoms with van der Waals surface area (Å²) >= 11 is 0. The van der Waals surface area contributed by atoms with Crippen LogP contribution in [0.3, 0.4) is 0 Å². The van der Waals surface area contributed by atoms with Crippen molar-refractivity contribution in [1.29, 1.82) is 0 Å². The van der Waals surface area contributed by atoms with Crippen molar-refractivity contribution in [2.75, 3.05) is 13.7 Å². The van der Waals surface area contributed by atoms with E-state index in [1.807, 2.05) is 48.5 Å². The van der Waals surface area contributed by atoms with Crippen LogP contribution in [0.15, 0.2) is 72.8 Å². The molecule has 0 fully saturated rings. The number of benzene rings is 3. The Morgan fingerprint density at radius 2 is 1.69 bits per heavy atom. The van der Waals surface area contributed by atoms with Gasteiger partial charge >= 0.3 is 12.2 Å². The third-order valence-electron chi connectivity index (χ3n) is 5.62. The Labute approximate surface area is 200 Å². The number of methoxy groups -OCH3 is 1. The number of rotatable bonds is 8. The van der Waals surface area contributed by atoms with Crippen LogP contribution in [0.1, 0.15) is 28.6 Å². The lowest BCUT2D eigenvalue weighted by molar-refractivity contribution is -0.137. The molecule has 35 heavy (non-hydrogen) atoms. The minimum atomic E-state index is -4.37. The molecule has 1 heterocycles. The fourth-order valence-electron chi connectivity index (χ4n) is 3.74. The van der Waals surface area contributed by atoms with Gasteiger partial charge in [-0.05, 0) is 60.4 Å². The monoisotopic (exact) mass is 482 g/mol. The number of urea groups is 1. The molecule has 4 aromatic rings. The van der Waals surface area contributed by atoms with E-state index in [1.165, 1.54) is 12.1 Å². The predicted molar refractivity (Wildman–Crippen MR) is 127 cm³/mol. The van der Waals surface area contributed by atoms with Gasteiger partial charge in [0.15, 0.2) is 0 Å². The first-order valence-electron chi connectivity index (χ1n) is 11.1. The normalized spacial score (nSPS) is 12.3. The maximum absolute atomic E-state index is 12.7. The van der Waals surface area contributed by atoms with E-state index in [4.69, 9.17) is 4.74 Å². The summed E-state index contributed by atoms with van der Waals surface area (Å²) in [6.07, 6.45) is -3.47. The fourth-order valence-corrected chi connectivity index (χ4v) is 3.74. The van der Waals surface area contributed by atoms with Crippen molar-refractivity contribution in [3.8, 4) is 5.75 Å². The van der Waals surface area contributed by atoms with Crippen LogP contribution < -0.4 is 15.4 Å². The number of hydrogen-bond donors (Lipinski definition) is 3. The Bertz CT molecular complexity index is 1240. The fraction of sp³-hybridized carbons (Fsp3) is 0.231. The Morgan fingerprint density at radius 3 is 2.34 bits per heavy atom. The van der Waals surface area contributed by atoms with Gasteiger partial charge in [0.1, 0.15) is 11.6 Å². The van der Waals surface area contributed by atoms with Crippen LogP contribution in [-0.4, -0.2) is 29.7 Å². The minimum Gasteiger partial charge on any atom is -0.497 e. The molecule has 1 atom stereocenters. The SMILES string of the molecule is COc1ccc(C[C@@H](NC(=O)NCCc2ccc(C(F)(F)F)cc2)c2nc3ccccc3[nH]2)cc1. The predicted octanol–water partition coefficient (Wildman–Crippen LogP) is 5.42. The number of fused-ring (bicyclic) bond motifs is 1. The van der Waals surface area contributed by atoms with Crippen LogP contribution in [0.5, 0.6) is 5.75 Å². The van der Waals surface area contributed by atoms with E-state index >= 15 is 0 Å². The molecule has 1 aromatic heterocycles. The molecule has 182 valence electrons. The number of carbonyl (C=O) groups is 1. The van der Waals surface area contributed by atoms with E-state index in [2.05, 4.69) is 20.6 Å². The molecule has 0 unspecified atom stereocenters. The maximum atomic E-state index is 12.7. The summed E-state index contributed by atoms with van der Waals surface area (Å²) in [7, 11) is 1.60. The summed E-state index contributed by atoms with van der Waals surface area (Å²) < 4.78 is 43.4. The van der Waals surface area contributed by atoms with Gasteiger partial charge in [0, 0.05) is 6.54 Å². The number of aromatic amines is 1. The molecule has 0 aliphatic heterocycles. The van der Waals surface area contributed by atoms with Gasteiger partial charge in [-0.3, -0.25) is 0 Å². The third kappa shape index (κ3) is 6.32. The zero-order valence-corrected chi connectivity index (χ0v) is 19.0. The second-order valence-corrected chi connectivity index (χ2v) is 8.09. The lowest BCUT2D eigenvalue weighted by atomic mass is 10.1. The molecular formula is C26H25F3N4O2. The number of H-pyrrole nitrogens is 1. The molecule has 0 aliphatic carbocycles. The van der Waals surface area contributed by atoms with Gasteiger partial charge in [0.25, 0.3) is 0 Å². The molecule has 6 nitrogen and oxygen atoms in total. The van der Waals surface area contributed by atoms with Gasteiger partial charge in [-0.2, -0.15) is 13.2 Å². The summed E-state index contributed by atoms with van der Waals surface area (Å²) in [6, 6.07) is 19.3. The van der Waals surface area contributed by atoms with E-state index in [1.54, 1.807) is 7.11 Å². The van der Waals surface area contributed by atoms with E-state index in [-0.39, 0.29) is 6.54 Å². The van der Waals surface area contributed by atoms with E-state index in [0.29, 0.717) is 24.2 Å². The highest BCUT2D eigenvalue weighted by atomic mass is 19.4. The van der Waals surface area contributed by atoms with E-state index in [9.17, 15) is 18.0 Å². The summed E-state index contributed by atoms with van der Waals surface area (Å²) in [5.41, 5.74) is 2.66. The largest absolute Gasteiger partial charge is 0.497 e. The second-order valence-electron chi connectivity index (χ2n) is 8.09. The van der Waals surface area contributed by atoms with Crippen LogP contribution in [0.2, 0.25) is 0 Å². The molecule has 0 bridgehead atoms. The highest BCUT2D eigenvalue weighted by Gasteiger charge is 2.29. The van der Waals surface area contributed by atoms with Crippen LogP contribution in [0.4, 0.5) is 18.0 Å². The molecule has 0 spiro atoms. The smallest absolute Gasteiger partial charge is 0.416 e. The molecule has 9 heteroatoms. The first-order chi connectivity index (χ1) is 16.8. The van der Waals surface area contributed by atoms with Gasteiger partial charge in [0.2, 0.25) is 0 Å². The van der Waals surface area contributed by atoms with Crippen LogP contribution in [0.25, 0.3) is 11.0 Å². The summed E-state index contributed by atoms with van der Waals surface area (Å²) in [6.45, 7) is 0.270. The summed E-state index contributed by atoms with van der Waals surface area (Å²) in [4.78, 5) is 20.6. The molecule has 3 aromatic carbocycles. The second kappa shape index (κ2) is 10.5. The van der Waals surface area contributed by atoms with Crippen molar-refractivity contribution in [2.24, 2.45) is 0 Å². The van der Waals surface area contributed by atoms with Gasteiger partial charge in [0.05, 0.1) is 29.7 Å². The molecule has 4 rings (SSSR count). The van der Waals surface area contributed by atoms with Crippen molar-refractivity contribution >= 4 is 17.1 Å². The number of aromatic nitrogens is 2. The third-order valence-corrected chi connectivity index (χ3v) is 5.62. The number of ether oxygens (including phenoxy) is 1. The van der Waals surface area contributed by atoms with Crippen molar-refractivity contribution < 1.29 is 22.7 Å². The molecule has 2 amide bonds. The number of nitrogens with zero attached hydrogens (tertiary/aromatic N) is 1. The Kier molecular flexibility index (Phi) is 7.24. The number of para-hydroxylation sites is 2. The van der Waals surface area contributed by atoms with E-state index < -0.39 is 23.8 Å². The molecule has 0 saturated carbocycles. The number of hydrogen-bond acceptors (Lipinski definition) is 3. The summed E-state index contributed by atoms with van der Waals surface area (Å²) in [5, 5.41) is 5.74. The lowest BCUT2D eigenvalue weighted by Crippen LogP contribution is -2.40. The van der Waals surface area contributed by atoms with Crippen molar-refractivity contribution in [2.45, 2.75) is 25.1 Å². The van der Waals surface area contributed by atoms with Gasteiger partial charge in [-0.15, -0.1) is 0 Å². The van der Waals surface area contributed by atoms with Crippen LogP contribution >= 0.6 is 0 Å². The summed E-state index contributed by atoms with van der Waals surface area (Å²) in [5.74, 6) is 1.36. The highest BCUT2D eigenvalue weighted by Crippen LogP contribution is 2.29. The van der Waals surface area contributed by atoms with Crippen LogP contribution in [0, 0.1) is 0 Å². The zero-order chi connectivity index (χ0) is 24.8. The van der Waals surface area contributed by atoms with Crippen molar-refractivity contribution in [1.82, 2.24) is 20.6 Å². The molecule has 0 saturated heterocycles. The number of nitrogens with one attached hydrogen (secondary N) is 3. The number of alkyl halides is 3. The van der Waals surface area contributed by atoms with Gasteiger partial charge < -0.3 is 20.4 Å². The number of amides is 2. The average molecular weight is 483 g/mol. The molecular weight excluding hydrogens is 457 g/mol. The first kappa shape index (κ1) is 24.1.